The number of anilines is 1. The van der Waals surface area contributed by atoms with Crippen molar-refractivity contribution in [1.82, 2.24) is 9.97 Å². The van der Waals surface area contributed by atoms with E-state index < -0.39 is 16.9 Å². The Bertz CT molecular complexity index is 491. The average Bonchev–Trinajstić information content (AvgIpc) is 2.83. The van der Waals surface area contributed by atoms with Crippen molar-refractivity contribution < 1.29 is 19.6 Å². The zero-order valence-corrected chi connectivity index (χ0v) is 10.1. The van der Waals surface area contributed by atoms with Crippen LogP contribution < -0.4 is 4.90 Å². The van der Waals surface area contributed by atoms with Gasteiger partial charge in [-0.25, -0.2) is 14.8 Å². The number of aromatic nitrogens is 2. The summed E-state index contributed by atoms with van der Waals surface area (Å²) < 4.78 is 5.14. The smallest absolute Gasteiger partial charge is 0.326 e. The molecule has 0 bridgehead atoms. The summed E-state index contributed by atoms with van der Waals surface area (Å²) in [6.07, 6.45) is 2.22. The van der Waals surface area contributed by atoms with E-state index in [9.17, 15) is 14.9 Å². The molecule has 102 valence electrons. The Kier molecular flexibility index (Phi) is 3.56. The van der Waals surface area contributed by atoms with Gasteiger partial charge in [0.25, 0.3) is 0 Å². The van der Waals surface area contributed by atoms with Gasteiger partial charge < -0.3 is 14.7 Å². The Morgan fingerprint density at radius 1 is 1.58 bits per heavy atom. The molecule has 1 fully saturated rings. The van der Waals surface area contributed by atoms with Gasteiger partial charge in [-0.2, -0.15) is 0 Å². The highest BCUT2D eigenvalue weighted by atomic mass is 16.6. The molecule has 9 heteroatoms. The summed E-state index contributed by atoms with van der Waals surface area (Å²) in [7, 11) is 1.50. The van der Waals surface area contributed by atoms with Crippen molar-refractivity contribution in [3.63, 3.8) is 0 Å². The fraction of sp³-hybridized carbons (Fsp3) is 0.500. The number of carboxylic acids is 1. The third kappa shape index (κ3) is 2.60. The van der Waals surface area contributed by atoms with Crippen LogP contribution >= 0.6 is 0 Å². The van der Waals surface area contributed by atoms with Crippen molar-refractivity contribution >= 4 is 17.6 Å². The molecule has 1 aromatic rings. The van der Waals surface area contributed by atoms with Crippen LogP contribution in [-0.2, 0) is 9.53 Å². The molecule has 0 spiro atoms. The Morgan fingerprint density at radius 2 is 2.21 bits per heavy atom. The van der Waals surface area contributed by atoms with Crippen molar-refractivity contribution in [2.75, 3.05) is 18.6 Å². The molecule has 1 aromatic heterocycles. The maximum Gasteiger partial charge on any atom is 0.326 e. The van der Waals surface area contributed by atoms with Crippen LogP contribution in [0.2, 0.25) is 0 Å². The molecule has 0 amide bonds. The van der Waals surface area contributed by atoms with E-state index in [0.717, 1.165) is 12.4 Å². The Labute approximate surface area is 108 Å². The number of rotatable bonds is 4. The van der Waals surface area contributed by atoms with Crippen molar-refractivity contribution in [3.8, 4) is 0 Å². The standard InChI is InChI=1S/C10H12N4O5/c1-19-7-2-8(9(15)16)13(5-7)10-11-3-6(4-12-10)14(17)18/h3-4,7-8H,2,5H2,1H3,(H,15,16). The normalized spacial score (nSPS) is 22.5. The van der Waals surface area contributed by atoms with Crippen LogP contribution in [0.25, 0.3) is 0 Å². The van der Waals surface area contributed by atoms with Gasteiger partial charge in [0.05, 0.1) is 11.0 Å². The second-order valence-electron chi connectivity index (χ2n) is 4.10. The Morgan fingerprint density at radius 3 is 2.68 bits per heavy atom. The van der Waals surface area contributed by atoms with Crippen molar-refractivity contribution in [2.45, 2.75) is 18.6 Å². The van der Waals surface area contributed by atoms with Crippen LogP contribution in [0.5, 0.6) is 0 Å². The summed E-state index contributed by atoms with van der Waals surface area (Å²) in [5, 5.41) is 19.6. The lowest BCUT2D eigenvalue weighted by Gasteiger charge is -2.20. The molecular weight excluding hydrogens is 256 g/mol. The second-order valence-corrected chi connectivity index (χ2v) is 4.10. The van der Waals surface area contributed by atoms with Crippen LogP contribution in [0.3, 0.4) is 0 Å². The maximum atomic E-state index is 11.2. The number of ether oxygens (including phenoxy) is 1. The number of nitro groups is 1. The molecule has 2 unspecified atom stereocenters. The molecule has 1 saturated heterocycles. The first-order valence-electron chi connectivity index (χ1n) is 5.51. The third-order valence-electron chi connectivity index (χ3n) is 2.97. The lowest BCUT2D eigenvalue weighted by molar-refractivity contribution is -0.385. The van der Waals surface area contributed by atoms with E-state index in [4.69, 9.17) is 9.84 Å². The fourth-order valence-electron chi connectivity index (χ4n) is 1.98. The summed E-state index contributed by atoms with van der Waals surface area (Å²) in [6, 6.07) is -0.786. The van der Waals surface area contributed by atoms with E-state index in [1.54, 1.807) is 0 Å². The lowest BCUT2D eigenvalue weighted by atomic mass is 10.2. The molecule has 19 heavy (non-hydrogen) atoms. The molecule has 0 radical (unpaired) electrons. The van der Waals surface area contributed by atoms with Crippen molar-refractivity contribution in [2.24, 2.45) is 0 Å². The first kappa shape index (κ1) is 13.1. The van der Waals surface area contributed by atoms with Gasteiger partial charge in [0.15, 0.2) is 0 Å². The van der Waals surface area contributed by atoms with E-state index >= 15 is 0 Å². The van der Waals surface area contributed by atoms with E-state index in [-0.39, 0.29) is 17.7 Å². The van der Waals surface area contributed by atoms with Gasteiger partial charge in [-0.1, -0.05) is 0 Å². The molecule has 0 saturated carbocycles. The number of methoxy groups -OCH3 is 1. The third-order valence-corrected chi connectivity index (χ3v) is 2.97. The number of carbonyl (C=O) groups is 1. The SMILES string of the molecule is COC1CC(C(=O)O)N(c2ncc([N+](=O)[O-])cn2)C1. The van der Waals surface area contributed by atoms with Gasteiger partial charge in [-0.15, -0.1) is 0 Å². The van der Waals surface area contributed by atoms with Crippen molar-refractivity contribution in [1.29, 1.82) is 0 Å². The zero-order chi connectivity index (χ0) is 14.0. The molecule has 2 rings (SSSR count). The largest absolute Gasteiger partial charge is 0.480 e. The lowest BCUT2D eigenvalue weighted by Crippen LogP contribution is -2.37. The Balaban J connectivity index is 2.23. The minimum absolute atomic E-state index is 0.151. The molecule has 2 heterocycles. The van der Waals surface area contributed by atoms with Gasteiger partial charge in [0.1, 0.15) is 18.4 Å². The molecule has 0 aromatic carbocycles. The highest BCUT2D eigenvalue weighted by Gasteiger charge is 2.38. The van der Waals surface area contributed by atoms with Crippen LogP contribution in [0.15, 0.2) is 12.4 Å². The number of hydrogen-bond acceptors (Lipinski definition) is 7. The molecule has 2 atom stereocenters. The van der Waals surface area contributed by atoms with E-state index in [1.807, 2.05) is 0 Å². The van der Waals surface area contributed by atoms with Crippen LogP contribution in [0.1, 0.15) is 6.42 Å². The molecule has 9 nitrogen and oxygen atoms in total. The summed E-state index contributed by atoms with van der Waals surface area (Å²) in [4.78, 5) is 30.2. The number of aliphatic carboxylic acids is 1. The predicted octanol–water partition coefficient (Wildman–Crippen LogP) is 0.0631. The number of carboxylic acid groups (broad SMARTS) is 1. The Hall–Kier alpha value is -2.29. The summed E-state index contributed by atoms with van der Waals surface area (Å²) in [5.74, 6) is -0.848. The minimum Gasteiger partial charge on any atom is -0.480 e. The van der Waals surface area contributed by atoms with E-state index in [2.05, 4.69) is 9.97 Å². The summed E-state index contributed by atoms with van der Waals surface area (Å²) in [6.45, 7) is 0.339. The minimum atomic E-state index is -0.999. The molecule has 1 aliphatic rings. The first-order chi connectivity index (χ1) is 9.02. The van der Waals surface area contributed by atoms with Crippen LogP contribution in [0, 0.1) is 10.1 Å². The molecule has 1 N–H and O–H groups in total. The van der Waals surface area contributed by atoms with Gasteiger partial charge >= 0.3 is 11.7 Å². The highest BCUT2D eigenvalue weighted by molar-refractivity contribution is 5.78. The van der Waals surface area contributed by atoms with Crippen LogP contribution in [0.4, 0.5) is 11.6 Å². The topological polar surface area (TPSA) is 119 Å². The molecular formula is C10H12N4O5. The molecule has 0 aliphatic carbocycles. The van der Waals surface area contributed by atoms with Gasteiger partial charge in [0.2, 0.25) is 5.95 Å². The number of nitrogens with zero attached hydrogens (tertiary/aromatic N) is 4. The first-order valence-corrected chi connectivity index (χ1v) is 5.51. The highest BCUT2D eigenvalue weighted by Crippen LogP contribution is 2.24. The van der Waals surface area contributed by atoms with Gasteiger partial charge in [-0.05, 0) is 0 Å². The summed E-state index contributed by atoms with van der Waals surface area (Å²) in [5.41, 5.74) is -0.238. The predicted molar refractivity (Wildman–Crippen MR) is 62.9 cm³/mol. The second kappa shape index (κ2) is 5.14. The monoisotopic (exact) mass is 268 g/mol. The number of hydrogen-bond donors (Lipinski definition) is 1. The maximum absolute atomic E-state index is 11.2. The van der Waals surface area contributed by atoms with Crippen LogP contribution in [-0.4, -0.2) is 51.8 Å². The summed E-state index contributed by atoms with van der Waals surface area (Å²) >= 11 is 0. The van der Waals surface area contributed by atoms with Gasteiger partial charge in [0, 0.05) is 20.1 Å². The quantitative estimate of drug-likeness (QED) is 0.601. The average molecular weight is 268 g/mol. The van der Waals surface area contributed by atoms with Gasteiger partial charge in [-0.3, -0.25) is 10.1 Å². The zero-order valence-electron chi connectivity index (χ0n) is 10.1. The van der Waals surface area contributed by atoms with E-state index in [1.165, 1.54) is 12.0 Å². The van der Waals surface area contributed by atoms with Crippen molar-refractivity contribution in [3.05, 3.63) is 22.5 Å². The molecule has 1 aliphatic heterocycles. The fourth-order valence-corrected chi connectivity index (χ4v) is 1.98. The van der Waals surface area contributed by atoms with E-state index in [0.29, 0.717) is 13.0 Å².